The average molecular weight is 317 g/mol. The zero-order valence-corrected chi connectivity index (χ0v) is 12.4. The number of amides is 1. The minimum Gasteiger partial charge on any atom is -0.335 e. The highest BCUT2D eigenvalue weighted by atomic mass is 79.9. The zero-order valence-electron chi connectivity index (χ0n) is 9.99. The molecule has 1 aliphatic heterocycles. The molecule has 1 aliphatic rings. The number of hydrogen-bond donors (Lipinski definition) is 0. The van der Waals surface area contributed by atoms with E-state index in [9.17, 15) is 4.79 Å². The van der Waals surface area contributed by atoms with Gasteiger partial charge in [0.15, 0.2) is 0 Å². The molecule has 3 nitrogen and oxygen atoms in total. The van der Waals surface area contributed by atoms with Gasteiger partial charge in [-0.3, -0.25) is 4.79 Å². The zero-order chi connectivity index (χ0) is 12.3. The Morgan fingerprint density at radius 3 is 3.12 bits per heavy atom. The Hall–Kier alpha value is -0.420. The minimum absolute atomic E-state index is 0.168. The summed E-state index contributed by atoms with van der Waals surface area (Å²) in [4.78, 5) is 19.4. The largest absolute Gasteiger partial charge is 0.335 e. The van der Waals surface area contributed by atoms with Crippen LogP contribution in [0.4, 0.5) is 0 Å². The fourth-order valence-corrected chi connectivity index (χ4v) is 3.56. The molecule has 1 aromatic heterocycles. The molecule has 0 saturated carbocycles. The number of piperidine rings is 1. The summed E-state index contributed by atoms with van der Waals surface area (Å²) in [5.74, 6) is 0.168. The number of aromatic nitrogens is 1. The third-order valence-electron chi connectivity index (χ3n) is 3.16. The quantitative estimate of drug-likeness (QED) is 0.802. The van der Waals surface area contributed by atoms with Gasteiger partial charge in [-0.1, -0.05) is 15.9 Å². The second kappa shape index (κ2) is 5.96. The molecule has 0 aliphatic carbocycles. The van der Waals surface area contributed by atoms with Crippen LogP contribution >= 0.6 is 27.3 Å². The summed E-state index contributed by atoms with van der Waals surface area (Å²) in [6, 6.07) is 0.401. The van der Waals surface area contributed by atoms with Crippen LogP contribution in [0.15, 0.2) is 6.20 Å². The van der Waals surface area contributed by atoms with E-state index in [0.29, 0.717) is 6.04 Å². The number of aryl methyl sites for hydroxylation is 1. The van der Waals surface area contributed by atoms with Gasteiger partial charge in [-0.25, -0.2) is 4.98 Å². The van der Waals surface area contributed by atoms with Crippen molar-refractivity contribution in [2.75, 3.05) is 11.9 Å². The first kappa shape index (κ1) is 13.0. The van der Waals surface area contributed by atoms with Crippen LogP contribution in [-0.2, 0) is 0 Å². The summed E-state index contributed by atoms with van der Waals surface area (Å²) in [5.41, 5.74) is 0. The van der Waals surface area contributed by atoms with Crippen molar-refractivity contribution in [1.82, 2.24) is 9.88 Å². The molecular weight excluding hydrogens is 300 g/mol. The molecule has 2 heterocycles. The van der Waals surface area contributed by atoms with Crippen molar-refractivity contribution in [3.63, 3.8) is 0 Å². The number of rotatable bonds is 3. The summed E-state index contributed by atoms with van der Waals surface area (Å²) in [6.07, 6.45) is 6.26. The molecule has 2 rings (SSSR count). The molecule has 0 aromatic carbocycles. The van der Waals surface area contributed by atoms with Gasteiger partial charge in [0.05, 0.1) is 11.2 Å². The number of likely N-dealkylation sites (tertiary alicyclic amines) is 1. The monoisotopic (exact) mass is 316 g/mol. The van der Waals surface area contributed by atoms with E-state index in [2.05, 4.69) is 20.9 Å². The number of halogens is 1. The molecule has 1 unspecified atom stereocenters. The lowest BCUT2D eigenvalue weighted by molar-refractivity contribution is 0.0615. The van der Waals surface area contributed by atoms with Gasteiger partial charge in [-0.05, 0) is 32.6 Å². The Balaban J connectivity index is 2.10. The van der Waals surface area contributed by atoms with Gasteiger partial charge in [-0.15, -0.1) is 11.3 Å². The van der Waals surface area contributed by atoms with E-state index in [0.717, 1.165) is 41.0 Å². The van der Waals surface area contributed by atoms with E-state index in [4.69, 9.17) is 0 Å². The summed E-state index contributed by atoms with van der Waals surface area (Å²) < 4.78 is 0. The van der Waals surface area contributed by atoms with Gasteiger partial charge in [0.25, 0.3) is 5.91 Å². The number of carbonyl (C=O) groups excluding carboxylic acids is 1. The van der Waals surface area contributed by atoms with E-state index in [1.807, 2.05) is 11.8 Å². The maximum Gasteiger partial charge on any atom is 0.265 e. The van der Waals surface area contributed by atoms with Crippen molar-refractivity contribution in [2.24, 2.45) is 0 Å². The molecule has 94 valence electrons. The van der Waals surface area contributed by atoms with Gasteiger partial charge in [0.2, 0.25) is 0 Å². The number of nitrogens with zero attached hydrogens (tertiary/aromatic N) is 2. The fraction of sp³-hybridized carbons (Fsp3) is 0.667. The molecule has 0 spiro atoms. The first-order valence-corrected chi connectivity index (χ1v) is 7.95. The first-order chi connectivity index (χ1) is 8.22. The first-order valence-electron chi connectivity index (χ1n) is 6.01. The summed E-state index contributed by atoms with van der Waals surface area (Å²) in [5, 5.41) is 1.92. The molecule has 5 heteroatoms. The maximum atomic E-state index is 12.4. The van der Waals surface area contributed by atoms with Gasteiger partial charge < -0.3 is 4.90 Å². The summed E-state index contributed by atoms with van der Waals surface area (Å²) in [6.45, 7) is 2.83. The fourth-order valence-electron chi connectivity index (χ4n) is 2.30. The standard InChI is InChI=1S/C12H17BrN2OS/c1-9-14-8-11(17-9)12(16)15-7-3-2-4-10(15)5-6-13/h8,10H,2-7H2,1H3. The molecule has 1 saturated heterocycles. The maximum absolute atomic E-state index is 12.4. The lowest BCUT2D eigenvalue weighted by atomic mass is 10.00. The Morgan fingerprint density at radius 2 is 2.47 bits per heavy atom. The van der Waals surface area contributed by atoms with Crippen molar-refractivity contribution >= 4 is 33.2 Å². The van der Waals surface area contributed by atoms with Crippen molar-refractivity contribution in [2.45, 2.75) is 38.6 Å². The smallest absolute Gasteiger partial charge is 0.265 e. The van der Waals surface area contributed by atoms with Crippen LogP contribution in [-0.4, -0.2) is 33.7 Å². The van der Waals surface area contributed by atoms with Crippen molar-refractivity contribution in [3.05, 3.63) is 16.1 Å². The topological polar surface area (TPSA) is 33.2 Å². The summed E-state index contributed by atoms with van der Waals surface area (Å²) in [7, 11) is 0. The minimum atomic E-state index is 0.168. The molecule has 0 N–H and O–H groups in total. The SMILES string of the molecule is Cc1ncc(C(=O)N2CCCCC2CCBr)s1. The number of alkyl halides is 1. The predicted octanol–water partition coefficient (Wildman–Crippen LogP) is 3.23. The molecule has 1 fully saturated rings. The average Bonchev–Trinajstić information content (AvgIpc) is 2.76. The van der Waals surface area contributed by atoms with E-state index < -0.39 is 0 Å². The van der Waals surface area contributed by atoms with Crippen LogP contribution in [0.25, 0.3) is 0 Å². The lowest BCUT2D eigenvalue weighted by Crippen LogP contribution is -2.43. The van der Waals surface area contributed by atoms with Gasteiger partial charge in [0, 0.05) is 17.9 Å². The number of thiazole rings is 1. The summed E-state index contributed by atoms with van der Waals surface area (Å²) >= 11 is 4.97. The second-order valence-corrected chi connectivity index (χ2v) is 6.40. The van der Waals surface area contributed by atoms with Crippen LogP contribution in [0.3, 0.4) is 0 Å². The highest BCUT2D eigenvalue weighted by Crippen LogP contribution is 2.24. The van der Waals surface area contributed by atoms with E-state index in [-0.39, 0.29) is 5.91 Å². The van der Waals surface area contributed by atoms with E-state index in [1.54, 1.807) is 6.20 Å². The second-order valence-electron chi connectivity index (χ2n) is 4.37. The van der Waals surface area contributed by atoms with Crippen LogP contribution in [0.5, 0.6) is 0 Å². The van der Waals surface area contributed by atoms with Crippen LogP contribution in [0.2, 0.25) is 0 Å². The molecule has 1 aromatic rings. The molecular formula is C12H17BrN2OS. The number of hydrogen-bond acceptors (Lipinski definition) is 3. The van der Waals surface area contributed by atoms with Crippen molar-refractivity contribution < 1.29 is 4.79 Å². The third-order valence-corrected chi connectivity index (χ3v) is 4.52. The van der Waals surface area contributed by atoms with Gasteiger partial charge in [-0.2, -0.15) is 0 Å². The van der Waals surface area contributed by atoms with Crippen LogP contribution in [0.1, 0.15) is 40.4 Å². The normalized spacial score (nSPS) is 20.6. The third kappa shape index (κ3) is 3.07. The molecule has 0 bridgehead atoms. The Kier molecular flexibility index (Phi) is 4.56. The highest BCUT2D eigenvalue weighted by molar-refractivity contribution is 9.09. The Labute approximate surface area is 114 Å². The van der Waals surface area contributed by atoms with E-state index >= 15 is 0 Å². The van der Waals surface area contributed by atoms with Crippen LogP contribution in [0, 0.1) is 6.92 Å². The Bertz CT molecular complexity index is 392. The van der Waals surface area contributed by atoms with E-state index in [1.165, 1.54) is 17.8 Å². The molecule has 17 heavy (non-hydrogen) atoms. The number of carbonyl (C=O) groups is 1. The van der Waals surface area contributed by atoms with Crippen molar-refractivity contribution in [3.8, 4) is 0 Å². The Morgan fingerprint density at radius 1 is 1.65 bits per heavy atom. The van der Waals surface area contributed by atoms with Crippen LogP contribution < -0.4 is 0 Å². The van der Waals surface area contributed by atoms with Gasteiger partial charge >= 0.3 is 0 Å². The molecule has 1 atom stereocenters. The molecule has 1 amide bonds. The van der Waals surface area contributed by atoms with Gasteiger partial charge in [0.1, 0.15) is 4.88 Å². The highest BCUT2D eigenvalue weighted by Gasteiger charge is 2.27. The predicted molar refractivity (Wildman–Crippen MR) is 73.9 cm³/mol. The molecule has 0 radical (unpaired) electrons. The lowest BCUT2D eigenvalue weighted by Gasteiger charge is -2.35. The van der Waals surface area contributed by atoms with Crippen molar-refractivity contribution in [1.29, 1.82) is 0 Å².